The molecule has 2 aromatic carbocycles. The minimum atomic E-state index is -0.141. The van der Waals surface area contributed by atoms with Gasteiger partial charge in [-0.15, -0.1) is 0 Å². The van der Waals surface area contributed by atoms with Crippen LogP contribution >= 0.6 is 0 Å². The molecular formula is C20H20N2O2. The van der Waals surface area contributed by atoms with Crippen LogP contribution in [0.4, 0.5) is 5.69 Å². The zero-order chi connectivity index (χ0) is 17.2. The fraction of sp³-hybridized carbons (Fsp3) is 0.200. The minimum Gasteiger partial charge on any atom is -0.445 e. The number of hydrogen-bond acceptors (Lipinski definition) is 3. The van der Waals surface area contributed by atoms with Crippen LogP contribution in [-0.2, 0) is 5.41 Å². The fourth-order valence-electron chi connectivity index (χ4n) is 2.39. The zero-order valence-electron chi connectivity index (χ0n) is 14.0. The summed E-state index contributed by atoms with van der Waals surface area (Å²) in [6.45, 7) is 6.49. The van der Waals surface area contributed by atoms with E-state index in [0.29, 0.717) is 11.5 Å². The first kappa shape index (κ1) is 16.0. The third-order valence-electron chi connectivity index (χ3n) is 3.84. The van der Waals surface area contributed by atoms with Crippen LogP contribution in [0.25, 0.3) is 11.5 Å². The molecule has 0 spiro atoms. The highest BCUT2D eigenvalue weighted by Gasteiger charge is 2.13. The van der Waals surface area contributed by atoms with Gasteiger partial charge in [-0.2, -0.15) is 0 Å². The molecule has 0 aliphatic carbocycles. The van der Waals surface area contributed by atoms with Gasteiger partial charge in [-0.05, 0) is 47.4 Å². The van der Waals surface area contributed by atoms with Crippen LogP contribution in [0.2, 0.25) is 0 Å². The summed E-state index contributed by atoms with van der Waals surface area (Å²) in [5.74, 6) is 0.400. The van der Waals surface area contributed by atoms with E-state index in [9.17, 15) is 4.79 Å². The predicted molar refractivity (Wildman–Crippen MR) is 95.0 cm³/mol. The molecule has 1 heterocycles. The van der Waals surface area contributed by atoms with Gasteiger partial charge in [0, 0.05) is 16.8 Å². The molecule has 0 saturated carbocycles. The highest BCUT2D eigenvalue weighted by molar-refractivity contribution is 6.04. The van der Waals surface area contributed by atoms with Crippen molar-refractivity contribution in [3.8, 4) is 11.5 Å². The molecule has 0 saturated heterocycles. The Morgan fingerprint density at radius 2 is 1.67 bits per heavy atom. The molecule has 1 N–H and O–H groups in total. The maximum atomic E-state index is 12.3. The van der Waals surface area contributed by atoms with E-state index in [1.807, 2.05) is 36.4 Å². The molecule has 0 aliphatic heterocycles. The van der Waals surface area contributed by atoms with Gasteiger partial charge in [-0.1, -0.05) is 32.9 Å². The molecule has 122 valence electrons. The first-order valence-corrected chi connectivity index (χ1v) is 7.85. The number of nitrogens with one attached hydrogen (secondary N) is 1. The monoisotopic (exact) mass is 320 g/mol. The van der Waals surface area contributed by atoms with Crippen LogP contribution in [0.1, 0.15) is 36.7 Å². The second-order valence-electron chi connectivity index (χ2n) is 6.70. The number of aromatic nitrogens is 1. The Hall–Kier alpha value is -2.88. The van der Waals surface area contributed by atoms with Gasteiger partial charge in [0.1, 0.15) is 6.26 Å². The largest absolute Gasteiger partial charge is 0.445 e. The summed E-state index contributed by atoms with van der Waals surface area (Å²) >= 11 is 0. The normalized spacial score (nSPS) is 11.3. The number of hydrogen-bond donors (Lipinski definition) is 1. The van der Waals surface area contributed by atoms with Gasteiger partial charge in [-0.25, -0.2) is 4.98 Å². The second kappa shape index (κ2) is 6.32. The van der Waals surface area contributed by atoms with Crippen molar-refractivity contribution in [1.29, 1.82) is 0 Å². The summed E-state index contributed by atoms with van der Waals surface area (Å²) in [5.41, 5.74) is 3.54. The standard InChI is InChI=1S/C20H20N2O2/c1-20(2,3)16-8-10-17(11-9-16)22-18(23)14-4-6-15(7-5-14)19-21-12-13-24-19/h4-13H,1-3H3,(H,22,23). The molecule has 0 bridgehead atoms. The molecular weight excluding hydrogens is 300 g/mol. The summed E-state index contributed by atoms with van der Waals surface area (Å²) in [6, 6.07) is 15.1. The number of amides is 1. The molecule has 1 aromatic heterocycles. The van der Waals surface area contributed by atoms with Crippen LogP contribution < -0.4 is 5.32 Å². The molecule has 0 unspecified atom stereocenters. The van der Waals surface area contributed by atoms with E-state index >= 15 is 0 Å². The number of rotatable bonds is 3. The van der Waals surface area contributed by atoms with Gasteiger partial charge in [0.15, 0.2) is 0 Å². The number of benzene rings is 2. The highest BCUT2D eigenvalue weighted by atomic mass is 16.3. The van der Waals surface area contributed by atoms with Crippen molar-refractivity contribution >= 4 is 11.6 Å². The van der Waals surface area contributed by atoms with Crippen LogP contribution in [0.5, 0.6) is 0 Å². The average molecular weight is 320 g/mol. The molecule has 0 radical (unpaired) electrons. The lowest BCUT2D eigenvalue weighted by Crippen LogP contribution is -2.13. The maximum absolute atomic E-state index is 12.3. The van der Waals surface area contributed by atoms with Crippen molar-refractivity contribution in [2.24, 2.45) is 0 Å². The number of anilines is 1. The van der Waals surface area contributed by atoms with Crippen molar-refractivity contribution in [2.75, 3.05) is 5.32 Å². The van der Waals surface area contributed by atoms with Gasteiger partial charge in [0.2, 0.25) is 5.89 Å². The Kier molecular flexibility index (Phi) is 4.21. The van der Waals surface area contributed by atoms with Gasteiger partial charge in [0.25, 0.3) is 5.91 Å². The van der Waals surface area contributed by atoms with Crippen LogP contribution in [0.15, 0.2) is 65.4 Å². The number of carbonyl (C=O) groups excluding carboxylic acids is 1. The number of oxazole rings is 1. The fourth-order valence-corrected chi connectivity index (χ4v) is 2.39. The maximum Gasteiger partial charge on any atom is 0.255 e. The Labute approximate surface area is 141 Å². The van der Waals surface area contributed by atoms with Gasteiger partial charge >= 0.3 is 0 Å². The van der Waals surface area contributed by atoms with E-state index in [2.05, 4.69) is 31.1 Å². The van der Waals surface area contributed by atoms with E-state index in [-0.39, 0.29) is 11.3 Å². The number of carbonyl (C=O) groups is 1. The van der Waals surface area contributed by atoms with Crippen molar-refractivity contribution < 1.29 is 9.21 Å². The SMILES string of the molecule is CC(C)(C)c1ccc(NC(=O)c2ccc(-c3ncco3)cc2)cc1. The Bertz CT molecular complexity index is 812. The minimum absolute atomic E-state index is 0.0955. The molecule has 4 nitrogen and oxygen atoms in total. The molecule has 0 fully saturated rings. The summed E-state index contributed by atoms with van der Waals surface area (Å²) in [5, 5.41) is 2.91. The lowest BCUT2D eigenvalue weighted by atomic mass is 9.87. The zero-order valence-corrected chi connectivity index (χ0v) is 14.0. The summed E-state index contributed by atoms with van der Waals surface area (Å²) in [6.07, 6.45) is 3.12. The molecule has 0 aliphatic rings. The smallest absolute Gasteiger partial charge is 0.255 e. The topological polar surface area (TPSA) is 55.1 Å². The Morgan fingerprint density at radius 1 is 1.00 bits per heavy atom. The molecule has 1 amide bonds. The van der Waals surface area contributed by atoms with Crippen LogP contribution in [-0.4, -0.2) is 10.9 Å². The van der Waals surface area contributed by atoms with E-state index in [1.165, 1.54) is 11.8 Å². The molecule has 0 atom stereocenters. The first-order chi connectivity index (χ1) is 11.4. The van der Waals surface area contributed by atoms with Crippen molar-refractivity contribution in [3.63, 3.8) is 0 Å². The average Bonchev–Trinajstić information content (AvgIpc) is 3.09. The van der Waals surface area contributed by atoms with Crippen molar-refractivity contribution in [1.82, 2.24) is 4.98 Å². The van der Waals surface area contributed by atoms with E-state index < -0.39 is 0 Å². The lowest BCUT2D eigenvalue weighted by molar-refractivity contribution is 0.102. The third kappa shape index (κ3) is 3.54. The number of nitrogens with zero attached hydrogens (tertiary/aromatic N) is 1. The first-order valence-electron chi connectivity index (χ1n) is 7.85. The van der Waals surface area contributed by atoms with Gasteiger partial charge in [0.05, 0.1) is 6.20 Å². The molecule has 24 heavy (non-hydrogen) atoms. The quantitative estimate of drug-likeness (QED) is 0.747. The van der Waals surface area contributed by atoms with E-state index in [4.69, 9.17) is 4.42 Å². The Balaban J connectivity index is 1.71. The lowest BCUT2D eigenvalue weighted by Gasteiger charge is -2.19. The van der Waals surface area contributed by atoms with E-state index in [1.54, 1.807) is 18.3 Å². The molecule has 3 rings (SSSR count). The van der Waals surface area contributed by atoms with Crippen LogP contribution in [0, 0.1) is 0 Å². The molecule has 3 aromatic rings. The van der Waals surface area contributed by atoms with Gasteiger partial charge < -0.3 is 9.73 Å². The summed E-state index contributed by atoms with van der Waals surface area (Å²) in [7, 11) is 0. The second-order valence-corrected chi connectivity index (χ2v) is 6.70. The Morgan fingerprint density at radius 3 is 2.21 bits per heavy atom. The van der Waals surface area contributed by atoms with Crippen molar-refractivity contribution in [2.45, 2.75) is 26.2 Å². The van der Waals surface area contributed by atoms with E-state index in [0.717, 1.165) is 11.3 Å². The predicted octanol–water partition coefficient (Wildman–Crippen LogP) is 4.89. The summed E-state index contributed by atoms with van der Waals surface area (Å²) in [4.78, 5) is 16.4. The third-order valence-corrected chi connectivity index (χ3v) is 3.84. The van der Waals surface area contributed by atoms with Crippen molar-refractivity contribution in [3.05, 3.63) is 72.1 Å². The highest BCUT2D eigenvalue weighted by Crippen LogP contribution is 2.24. The summed E-state index contributed by atoms with van der Waals surface area (Å²) < 4.78 is 5.24. The van der Waals surface area contributed by atoms with Crippen LogP contribution in [0.3, 0.4) is 0 Å². The van der Waals surface area contributed by atoms with Gasteiger partial charge in [-0.3, -0.25) is 4.79 Å². The molecule has 4 heteroatoms.